The van der Waals surface area contributed by atoms with Crippen molar-refractivity contribution in [3.8, 4) is 0 Å². The van der Waals surface area contributed by atoms with Gasteiger partial charge in [0.15, 0.2) is 0 Å². The first-order chi connectivity index (χ1) is 7.66. The van der Waals surface area contributed by atoms with E-state index in [0.29, 0.717) is 11.3 Å². The molecule has 2 aromatic rings. The van der Waals surface area contributed by atoms with Crippen LogP contribution in [0.2, 0.25) is 0 Å². The van der Waals surface area contributed by atoms with E-state index in [1.54, 1.807) is 18.3 Å². The topological polar surface area (TPSA) is 30.0 Å². The molecule has 16 heavy (non-hydrogen) atoms. The number of hydrogen-bond acceptors (Lipinski definition) is 2. The van der Waals surface area contributed by atoms with Gasteiger partial charge in [0.25, 0.3) is 0 Å². The van der Waals surface area contributed by atoms with Gasteiger partial charge in [0.1, 0.15) is 5.69 Å². The maximum absolute atomic E-state index is 12.1. The fraction of sp³-hybridized carbons (Fsp3) is 0.0769. The molecule has 0 aliphatic rings. The third kappa shape index (κ3) is 2.36. The fourth-order valence-corrected chi connectivity index (χ4v) is 2.12. The summed E-state index contributed by atoms with van der Waals surface area (Å²) in [5, 5.41) is 0. The van der Waals surface area contributed by atoms with Crippen LogP contribution in [-0.4, -0.2) is 10.8 Å². The second-order valence-electron chi connectivity index (χ2n) is 3.56. The van der Waals surface area contributed by atoms with E-state index in [4.69, 9.17) is 0 Å². The maximum atomic E-state index is 12.1. The summed E-state index contributed by atoms with van der Waals surface area (Å²) in [4.78, 5) is 16.1. The second kappa shape index (κ2) is 4.58. The highest BCUT2D eigenvalue weighted by Gasteiger charge is 2.10. The Kier molecular flexibility index (Phi) is 3.15. The summed E-state index contributed by atoms with van der Waals surface area (Å²) in [5.41, 5.74) is 2.18. The minimum Gasteiger partial charge on any atom is -0.287 e. The number of nitrogens with zero attached hydrogens (tertiary/aromatic N) is 1. The van der Waals surface area contributed by atoms with Crippen molar-refractivity contribution in [2.45, 2.75) is 6.92 Å². The summed E-state index contributed by atoms with van der Waals surface area (Å²) in [5.74, 6) is -0.0509. The lowest BCUT2D eigenvalue weighted by Crippen LogP contribution is -2.03. The van der Waals surface area contributed by atoms with E-state index in [0.717, 1.165) is 10.0 Å². The number of aromatic nitrogens is 1. The van der Waals surface area contributed by atoms with Crippen molar-refractivity contribution < 1.29 is 4.79 Å². The van der Waals surface area contributed by atoms with Gasteiger partial charge in [-0.1, -0.05) is 22.0 Å². The summed E-state index contributed by atoms with van der Waals surface area (Å²) >= 11 is 3.38. The molecule has 0 fully saturated rings. The molecule has 1 heterocycles. The van der Waals surface area contributed by atoms with Gasteiger partial charge in [-0.3, -0.25) is 9.78 Å². The van der Waals surface area contributed by atoms with Crippen molar-refractivity contribution in [1.29, 1.82) is 0 Å². The molecular formula is C13H10BrNO. The molecule has 3 heteroatoms. The summed E-state index contributed by atoms with van der Waals surface area (Å²) in [6, 6.07) is 11.0. The van der Waals surface area contributed by atoms with Crippen LogP contribution in [0.15, 0.2) is 47.1 Å². The Morgan fingerprint density at radius 1 is 1.25 bits per heavy atom. The molecule has 0 bridgehead atoms. The molecule has 0 saturated heterocycles. The molecule has 0 spiro atoms. The van der Waals surface area contributed by atoms with E-state index < -0.39 is 0 Å². The van der Waals surface area contributed by atoms with Gasteiger partial charge in [-0.05, 0) is 42.8 Å². The van der Waals surface area contributed by atoms with Crippen LogP contribution < -0.4 is 0 Å². The lowest BCUT2D eigenvalue weighted by molar-refractivity contribution is 0.103. The number of ketones is 1. The van der Waals surface area contributed by atoms with Crippen LogP contribution in [0.5, 0.6) is 0 Å². The Balaban J connectivity index is 2.42. The van der Waals surface area contributed by atoms with Crippen LogP contribution in [0.1, 0.15) is 21.6 Å². The standard InChI is InChI=1S/C13H10BrNO/c1-9-6-10(8-11(14)7-9)13(16)12-4-2-3-5-15-12/h2-8H,1H3. The van der Waals surface area contributed by atoms with Gasteiger partial charge in [-0.2, -0.15) is 0 Å². The first-order valence-electron chi connectivity index (χ1n) is 4.90. The molecule has 0 saturated carbocycles. The molecule has 80 valence electrons. The third-order valence-electron chi connectivity index (χ3n) is 2.20. The number of benzene rings is 1. The smallest absolute Gasteiger partial charge is 0.211 e. The first kappa shape index (κ1) is 11.0. The molecular weight excluding hydrogens is 266 g/mol. The normalized spacial score (nSPS) is 10.1. The van der Waals surface area contributed by atoms with Crippen molar-refractivity contribution in [3.63, 3.8) is 0 Å². The highest BCUT2D eigenvalue weighted by molar-refractivity contribution is 9.10. The Morgan fingerprint density at radius 2 is 2.06 bits per heavy atom. The largest absolute Gasteiger partial charge is 0.287 e. The number of carbonyl (C=O) groups excluding carboxylic acids is 1. The minimum atomic E-state index is -0.0509. The SMILES string of the molecule is Cc1cc(Br)cc(C(=O)c2ccccn2)c1. The molecule has 0 radical (unpaired) electrons. The zero-order chi connectivity index (χ0) is 11.5. The van der Waals surface area contributed by atoms with Crippen LogP contribution in [0.4, 0.5) is 0 Å². The zero-order valence-electron chi connectivity index (χ0n) is 8.77. The van der Waals surface area contributed by atoms with Crippen molar-refractivity contribution in [2.75, 3.05) is 0 Å². The average Bonchev–Trinajstić information content (AvgIpc) is 2.28. The van der Waals surface area contributed by atoms with Gasteiger partial charge >= 0.3 is 0 Å². The van der Waals surface area contributed by atoms with E-state index in [2.05, 4.69) is 20.9 Å². The van der Waals surface area contributed by atoms with Crippen LogP contribution in [-0.2, 0) is 0 Å². The summed E-state index contributed by atoms with van der Waals surface area (Å²) in [7, 11) is 0. The first-order valence-corrected chi connectivity index (χ1v) is 5.69. The van der Waals surface area contributed by atoms with Crippen molar-refractivity contribution in [3.05, 3.63) is 63.9 Å². The molecule has 0 aliphatic carbocycles. The molecule has 0 unspecified atom stereocenters. The van der Waals surface area contributed by atoms with E-state index >= 15 is 0 Å². The summed E-state index contributed by atoms with van der Waals surface area (Å²) in [6.07, 6.45) is 1.62. The molecule has 1 aromatic carbocycles. The summed E-state index contributed by atoms with van der Waals surface area (Å²) in [6.45, 7) is 1.96. The molecule has 0 N–H and O–H groups in total. The number of aryl methyl sites for hydroxylation is 1. The number of carbonyl (C=O) groups is 1. The van der Waals surface area contributed by atoms with Crippen molar-refractivity contribution >= 4 is 21.7 Å². The minimum absolute atomic E-state index is 0.0509. The second-order valence-corrected chi connectivity index (χ2v) is 4.48. The molecule has 1 aromatic heterocycles. The van der Waals surface area contributed by atoms with Crippen LogP contribution in [0.3, 0.4) is 0 Å². The number of hydrogen-bond donors (Lipinski definition) is 0. The summed E-state index contributed by atoms with van der Waals surface area (Å²) < 4.78 is 0.909. The van der Waals surface area contributed by atoms with Crippen LogP contribution in [0, 0.1) is 6.92 Å². The molecule has 0 atom stereocenters. The van der Waals surface area contributed by atoms with E-state index in [9.17, 15) is 4.79 Å². The predicted molar refractivity (Wildman–Crippen MR) is 66.5 cm³/mol. The molecule has 2 rings (SSSR count). The number of rotatable bonds is 2. The lowest BCUT2D eigenvalue weighted by atomic mass is 10.1. The monoisotopic (exact) mass is 275 g/mol. The van der Waals surface area contributed by atoms with Gasteiger partial charge in [0.05, 0.1) is 0 Å². The number of pyridine rings is 1. The highest BCUT2D eigenvalue weighted by Crippen LogP contribution is 2.17. The Hall–Kier alpha value is -1.48. The van der Waals surface area contributed by atoms with Gasteiger partial charge < -0.3 is 0 Å². The Morgan fingerprint density at radius 3 is 2.69 bits per heavy atom. The van der Waals surface area contributed by atoms with E-state index in [-0.39, 0.29) is 5.78 Å². The van der Waals surface area contributed by atoms with Gasteiger partial charge in [-0.15, -0.1) is 0 Å². The van der Waals surface area contributed by atoms with E-state index in [1.165, 1.54) is 0 Å². The Bertz CT molecular complexity index is 502. The van der Waals surface area contributed by atoms with Gasteiger partial charge in [0, 0.05) is 16.2 Å². The lowest BCUT2D eigenvalue weighted by Gasteiger charge is -2.02. The van der Waals surface area contributed by atoms with Gasteiger partial charge in [0.2, 0.25) is 5.78 Å². The van der Waals surface area contributed by atoms with Crippen molar-refractivity contribution in [2.24, 2.45) is 0 Å². The average molecular weight is 276 g/mol. The van der Waals surface area contributed by atoms with Crippen molar-refractivity contribution in [1.82, 2.24) is 4.98 Å². The van der Waals surface area contributed by atoms with Crippen LogP contribution >= 0.6 is 15.9 Å². The Labute approximate surface area is 102 Å². The zero-order valence-corrected chi connectivity index (χ0v) is 10.4. The van der Waals surface area contributed by atoms with E-state index in [1.807, 2.05) is 31.2 Å². The number of halogens is 1. The molecule has 0 amide bonds. The quantitative estimate of drug-likeness (QED) is 0.787. The predicted octanol–water partition coefficient (Wildman–Crippen LogP) is 3.38. The fourth-order valence-electron chi connectivity index (χ4n) is 1.51. The third-order valence-corrected chi connectivity index (χ3v) is 2.66. The molecule has 2 nitrogen and oxygen atoms in total. The highest BCUT2D eigenvalue weighted by atomic mass is 79.9. The maximum Gasteiger partial charge on any atom is 0.211 e. The molecule has 0 aliphatic heterocycles. The van der Waals surface area contributed by atoms with Gasteiger partial charge in [-0.25, -0.2) is 0 Å². The van der Waals surface area contributed by atoms with Crippen LogP contribution in [0.25, 0.3) is 0 Å².